The fraction of sp³-hybridized carbons (Fsp3) is 0.150. The van der Waals surface area contributed by atoms with E-state index in [-0.39, 0.29) is 30.8 Å². The number of nitrogens with two attached hydrogens (primary N) is 1. The minimum absolute atomic E-state index is 0. The summed E-state index contributed by atoms with van der Waals surface area (Å²) in [6.07, 6.45) is 0.181. The number of halogens is 1. The zero-order chi connectivity index (χ0) is 16.0. The lowest BCUT2D eigenvalue weighted by molar-refractivity contribution is -0.141. The second kappa shape index (κ2) is 6.27. The molecule has 0 saturated carbocycles. The number of esters is 1. The maximum absolute atomic E-state index is 11.6. The second-order valence-corrected chi connectivity index (χ2v) is 5.90. The lowest BCUT2D eigenvalue weighted by Gasteiger charge is -2.17. The van der Waals surface area contributed by atoms with Gasteiger partial charge in [-0.15, -0.1) is 12.4 Å². The van der Waals surface area contributed by atoms with Gasteiger partial charge in [0.2, 0.25) is 0 Å². The molecule has 4 heteroatoms. The molecule has 0 heterocycles. The Morgan fingerprint density at radius 2 is 1.54 bits per heavy atom. The van der Waals surface area contributed by atoms with Crippen LogP contribution in [0.1, 0.15) is 18.0 Å². The highest BCUT2D eigenvalue weighted by molar-refractivity contribution is 6.23. The van der Waals surface area contributed by atoms with Crippen LogP contribution in [0.15, 0.2) is 54.6 Å². The lowest BCUT2D eigenvalue weighted by atomic mass is 9.89. The molecule has 0 spiro atoms. The highest BCUT2D eigenvalue weighted by Crippen LogP contribution is 2.37. The molecule has 3 nitrogen and oxygen atoms in total. The van der Waals surface area contributed by atoms with Crippen LogP contribution < -0.4 is 5.73 Å². The largest absolute Gasteiger partial charge is 0.469 e. The van der Waals surface area contributed by atoms with Gasteiger partial charge in [0, 0.05) is 6.04 Å². The standard InChI is InChI=1S/C20H17NO2.ClH/c1-23-18(22)11-17(21)15-9-7-14-6-5-12-3-2-4-13-8-10-16(15)20(14)19(12)13;/h2-10,17H,11,21H2,1H3;1H/t17-;/m0./s1. The Morgan fingerprint density at radius 1 is 0.958 bits per heavy atom. The Balaban J connectivity index is 0.00000169. The summed E-state index contributed by atoms with van der Waals surface area (Å²) in [7, 11) is 1.39. The van der Waals surface area contributed by atoms with Crippen molar-refractivity contribution in [1.82, 2.24) is 0 Å². The number of benzene rings is 4. The predicted molar refractivity (Wildman–Crippen MR) is 101 cm³/mol. The number of methoxy groups -OCH3 is 1. The first-order valence-electron chi connectivity index (χ1n) is 7.68. The second-order valence-electron chi connectivity index (χ2n) is 5.90. The van der Waals surface area contributed by atoms with Gasteiger partial charge in [-0.25, -0.2) is 0 Å². The Kier molecular flexibility index (Phi) is 4.31. The molecule has 4 rings (SSSR count). The van der Waals surface area contributed by atoms with E-state index in [1.165, 1.54) is 34.0 Å². The van der Waals surface area contributed by atoms with Crippen LogP contribution >= 0.6 is 12.4 Å². The van der Waals surface area contributed by atoms with Crippen LogP contribution in [-0.4, -0.2) is 13.1 Å². The molecule has 1 atom stereocenters. The number of hydrogen-bond acceptors (Lipinski definition) is 3. The van der Waals surface area contributed by atoms with Gasteiger partial charge in [-0.3, -0.25) is 4.79 Å². The molecule has 0 aliphatic carbocycles. The van der Waals surface area contributed by atoms with Gasteiger partial charge in [0.05, 0.1) is 13.5 Å². The summed E-state index contributed by atoms with van der Waals surface area (Å²) in [4.78, 5) is 11.6. The van der Waals surface area contributed by atoms with E-state index in [0.717, 1.165) is 10.9 Å². The number of hydrogen-bond donors (Lipinski definition) is 1. The number of carbonyl (C=O) groups is 1. The van der Waals surface area contributed by atoms with Crippen molar-refractivity contribution in [2.45, 2.75) is 12.5 Å². The summed E-state index contributed by atoms with van der Waals surface area (Å²) in [5, 5.41) is 7.23. The van der Waals surface area contributed by atoms with Crippen molar-refractivity contribution in [1.29, 1.82) is 0 Å². The number of rotatable bonds is 3. The summed E-state index contributed by atoms with van der Waals surface area (Å²) >= 11 is 0. The third-order valence-electron chi connectivity index (χ3n) is 4.58. The zero-order valence-corrected chi connectivity index (χ0v) is 14.1. The van der Waals surface area contributed by atoms with Crippen LogP contribution in [0.3, 0.4) is 0 Å². The van der Waals surface area contributed by atoms with Crippen LogP contribution in [0.5, 0.6) is 0 Å². The minimum Gasteiger partial charge on any atom is -0.469 e. The van der Waals surface area contributed by atoms with Crippen molar-refractivity contribution in [3.05, 3.63) is 60.2 Å². The van der Waals surface area contributed by atoms with Crippen molar-refractivity contribution < 1.29 is 9.53 Å². The van der Waals surface area contributed by atoms with Crippen LogP contribution in [0.25, 0.3) is 32.3 Å². The monoisotopic (exact) mass is 339 g/mol. The van der Waals surface area contributed by atoms with Crippen molar-refractivity contribution in [3.8, 4) is 0 Å². The highest BCUT2D eigenvalue weighted by Gasteiger charge is 2.17. The maximum Gasteiger partial charge on any atom is 0.307 e. The molecular formula is C20H18ClNO2. The SMILES string of the molecule is COC(=O)C[C@H](N)c1ccc2ccc3cccc4ccc1c2c34.Cl. The van der Waals surface area contributed by atoms with E-state index < -0.39 is 0 Å². The molecule has 24 heavy (non-hydrogen) atoms. The van der Waals surface area contributed by atoms with Crippen molar-refractivity contribution in [3.63, 3.8) is 0 Å². The van der Waals surface area contributed by atoms with E-state index in [2.05, 4.69) is 48.5 Å². The fourth-order valence-electron chi connectivity index (χ4n) is 3.45. The van der Waals surface area contributed by atoms with Crippen molar-refractivity contribution in [2.24, 2.45) is 5.73 Å². The molecule has 0 unspecified atom stereocenters. The predicted octanol–water partition coefficient (Wildman–Crippen LogP) is 4.57. The maximum atomic E-state index is 11.6. The molecule has 0 aliphatic rings. The molecule has 0 fully saturated rings. The third kappa shape index (κ3) is 2.46. The summed E-state index contributed by atoms with van der Waals surface area (Å²) in [5.41, 5.74) is 7.26. The van der Waals surface area contributed by atoms with Crippen LogP contribution in [-0.2, 0) is 9.53 Å². The molecule has 2 N–H and O–H groups in total. The topological polar surface area (TPSA) is 52.3 Å². The van der Waals surface area contributed by atoms with Gasteiger partial charge >= 0.3 is 5.97 Å². The average Bonchev–Trinajstić information content (AvgIpc) is 2.59. The summed E-state index contributed by atoms with van der Waals surface area (Å²) in [6, 6.07) is 18.6. The van der Waals surface area contributed by atoms with Gasteiger partial charge in [0.15, 0.2) is 0 Å². The first-order valence-corrected chi connectivity index (χ1v) is 7.68. The summed E-state index contributed by atoms with van der Waals surface area (Å²) < 4.78 is 4.75. The van der Waals surface area contributed by atoms with Gasteiger partial charge in [0.25, 0.3) is 0 Å². The van der Waals surface area contributed by atoms with Gasteiger partial charge in [0.1, 0.15) is 0 Å². The van der Waals surface area contributed by atoms with Crippen LogP contribution in [0.2, 0.25) is 0 Å². The van der Waals surface area contributed by atoms with Gasteiger partial charge in [-0.1, -0.05) is 54.6 Å². The Morgan fingerprint density at radius 3 is 2.21 bits per heavy atom. The highest BCUT2D eigenvalue weighted by atomic mass is 35.5. The third-order valence-corrected chi connectivity index (χ3v) is 4.58. The first kappa shape index (κ1) is 16.5. The molecule has 4 aromatic rings. The Hall–Kier alpha value is -2.36. The van der Waals surface area contributed by atoms with E-state index in [0.29, 0.717) is 0 Å². The fourth-order valence-corrected chi connectivity index (χ4v) is 3.45. The molecular weight excluding hydrogens is 322 g/mol. The van der Waals surface area contributed by atoms with Crippen molar-refractivity contribution >= 4 is 50.7 Å². The molecule has 122 valence electrons. The Bertz CT molecular complexity index is 1010. The zero-order valence-electron chi connectivity index (χ0n) is 13.3. The first-order chi connectivity index (χ1) is 11.2. The number of carbonyl (C=O) groups excluding carboxylic acids is 1. The molecule has 0 radical (unpaired) electrons. The van der Waals surface area contributed by atoms with E-state index in [1.807, 2.05) is 6.07 Å². The molecule has 0 aliphatic heterocycles. The van der Waals surface area contributed by atoms with E-state index in [4.69, 9.17) is 10.5 Å². The van der Waals surface area contributed by atoms with Gasteiger partial charge in [-0.2, -0.15) is 0 Å². The smallest absolute Gasteiger partial charge is 0.307 e. The van der Waals surface area contributed by atoms with Crippen molar-refractivity contribution in [2.75, 3.05) is 7.11 Å². The molecule has 0 amide bonds. The normalized spacial score (nSPS) is 12.4. The number of ether oxygens (including phenoxy) is 1. The summed E-state index contributed by atoms with van der Waals surface area (Å²) in [5.74, 6) is -0.289. The molecule has 0 saturated heterocycles. The van der Waals surface area contributed by atoms with E-state index in [1.54, 1.807) is 0 Å². The van der Waals surface area contributed by atoms with Gasteiger partial charge < -0.3 is 10.5 Å². The molecule has 0 bridgehead atoms. The average molecular weight is 340 g/mol. The quantitative estimate of drug-likeness (QED) is 0.439. The van der Waals surface area contributed by atoms with Crippen LogP contribution in [0.4, 0.5) is 0 Å². The van der Waals surface area contributed by atoms with Crippen LogP contribution in [0, 0.1) is 0 Å². The van der Waals surface area contributed by atoms with Gasteiger partial charge in [-0.05, 0) is 37.9 Å². The molecule has 0 aromatic heterocycles. The lowest BCUT2D eigenvalue weighted by Crippen LogP contribution is -2.16. The van der Waals surface area contributed by atoms with E-state index in [9.17, 15) is 4.79 Å². The minimum atomic E-state index is -0.369. The Labute approximate surface area is 146 Å². The molecule has 4 aromatic carbocycles. The van der Waals surface area contributed by atoms with E-state index >= 15 is 0 Å². The summed E-state index contributed by atoms with van der Waals surface area (Å²) in [6.45, 7) is 0.